The van der Waals surface area contributed by atoms with Crippen molar-refractivity contribution in [2.45, 2.75) is 26.4 Å². The molecule has 2 aromatic rings. The number of ketones is 1. The molecule has 122 valence electrons. The third-order valence-electron chi connectivity index (χ3n) is 3.66. The predicted octanol–water partition coefficient (Wildman–Crippen LogP) is 2.63. The molecule has 1 N–H and O–H groups in total. The lowest BCUT2D eigenvalue weighted by molar-refractivity contribution is -0.117. The molecule has 23 heavy (non-hydrogen) atoms. The largest absolute Gasteiger partial charge is 0.445 e. The summed E-state index contributed by atoms with van der Waals surface area (Å²) in [6.45, 7) is 2.23. The molecule has 2 rings (SSSR count). The van der Waals surface area contributed by atoms with Gasteiger partial charge in [0.2, 0.25) is 0 Å². The van der Waals surface area contributed by atoms with Crippen molar-refractivity contribution >= 4 is 11.9 Å². The number of aromatic nitrogens is 1. The van der Waals surface area contributed by atoms with Crippen molar-refractivity contribution in [3.05, 3.63) is 59.4 Å². The zero-order valence-corrected chi connectivity index (χ0v) is 13.5. The van der Waals surface area contributed by atoms with Gasteiger partial charge >= 0.3 is 6.09 Å². The van der Waals surface area contributed by atoms with Gasteiger partial charge in [0.05, 0.1) is 6.54 Å². The maximum absolute atomic E-state index is 12.0. The molecule has 0 saturated heterocycles. The fourth-order valence-electron chi connectivity index (χ4n) is 2.47. The van der Waals surface area contributed by atoms with Gasteiger partial charge in [0.25, 0.3) is 0 Å². The van der Waals surface area contributed by atoms with E-state index in [1.807, 2.05) is 54.2 Å². The Hall–Kier alpha value is -2.56. The van der Waals surface area contributed by atoms with E-state index in [2.05, 4.69) is 12.2 Å². The number of nitrogens with zero attached hydrogens (tertiary/aromatic N) is 1. The fourth-order valence-corrected chi connectivity index (χ4v) is 2.47. The molecule has 0 unspecified atom stereocenters. The summed E-state index contributed by atoms with van der Waals surface area (Å²) in [7, 11) is 1.96. The first kappa shape index (κ1) is 16.8. The van der Waals surface area contributed by atoms with Gasteiger partial charge in [-0.15, -0.1) is 0 Å². The van der Waals surface area contributed by atoms with Crippen LogP contribution in [0.4, 0.5) is 4.79 Å². The zero-order chi connectivity index (χ0) is 16.7. The molecule has 0 aliphatic rings. The Balaban J connectivity index is 1.74. The first-order valence-electron chi connectivity index (χ1n) is 7.69. The van der Waals surface area contributed by atoms with Crippen molar-refractivity contribution in [2.24, 2.45) is 7.05 Å². The van der Waals surface area contributed by atoms with Gasteiger partial charge in [-0.3, -0.25) is 4.79 Å². The van der Waals surface area contributed by atoms with Crippen molar-refractivity contribution in [3.63, 3.8) is 0 Å². The molecule has 0 aliphatic heterocycles. The van der Waals surface area contributed by atoms with E-state index in [1.54, 1.807) is 0 Å². The summed E-state index contributed by atoms with van der Waals surface area (Å²) in [5.41, 5.74) is 3.07. The molecule has 5 nitrogen and oxygen atoms in total. The molecular weight excluding hydrogens is 292 g/mol. The molecule has 1 aromatic carbocycles. The van der Waals surface area contributed by atoms with Crippen molar-refractivity contribution < 1.29 is 14.3 Å². The Labute approximate surface area is 136 Å². The highest BCUT2D eigenvalue weighted by molar-refractivity contribution is 5.85. The summed E-state index contributed by atoms with van der Waals surface area (Å²) in [6, 6.07) is 11.4. The van der Waals surface area contributed by atoms with E-state index in [0.29, 0.717) is 6.42 Å². The third-order valence-corrected chi connectivity index (χ3v) is 3.66. The van der Waals surface area contributed by atoms with Gasteiger partial charge in [-0.25, -0.2) is 4.79 Å². The first-order chi connectivity index (χ1) is 11.1. The molecule has 0 saturated carbocycles. The number of aryl methyl sites for hydroxylation is 1. The van der Waals surface area contributed by atoms with E-state index in [-0.39, 0.29) is 18.9 Å². The topological polar surface area (TPSA) is 60.3 Å². The molecule has 0 bridgehead atoms. The Kier molecular flexibility index (Phi) is 5.97. The number of benzene rings is 1. The smallest absolute Gasteiger partial charge is 0.407 e. The number of carbonyl (C=O) groups is 2. The number of carbonyl (C=O) groups excluding carboxylic acids is 2. The van der Waals surface area contributed by atoms with Crippen LogP contribution >= 0.6 is 0 Å². The van der Waals surface area contributed by atoms with Gasteiger partial charge in [0, 0.05) is 25.4 Å². The molecule has 0 spiro atoms. The molecule has 1 heterocycles. The van der Waals surface area contributed by atoms with Crippen LogP contribution in [-0.4, -0.2) is 23.0 Å². The Bertz CT molecular complexity index is 662. The van der Waals surface area contributed by atoms with E-state index in [1.165, 1.54) is 0 Å². The maximum Gasteiger partial charge on any atom is 0.407 e. The van der Waals surface area contributed by atoms with Crippen molar-refractivity contribution in [1.29, 1.82) is 0 Å². The quantitative estimate of drug-likeness (QED) is 0.854. The molecular formula is C18H22N2O3. The molecule has 0 radical (unpaired) electrons. The number of Topliss-reactive ketones (excluding diaryl/α,β-unsaturated/α-hetero) is 1. The SMILES string of the molecule is CCc1c(CC(=O)CNC(=O)OCc2ccccc2)ccn1C. The molecule has 1 amide bonds. The van der Waals surface area contributed by atoms with Crippen molar-refractivity contribution in [1.82, 2.24) is 9.88 Å². The van der Waals surface area contributed by atoms with Gasteiger partial charge in [0.1, 0.15) is 6.61 Å². The van der Waals surface area contributed by atoms with Gasteiger partial charge in [0.15, 0.2) is 5.78 Å². The van der Waals surface area contributed by atoms with Gasteiger partial charge in [-0.2, -0.15) is 0 Å². The van der Waals surface area contributed by atoms with Gasteiger partial charge in [-0.1, -0.05) is 37.3 Å². The molecule has 0 atom stereocenters. The van der Waals surface area contributed by atoms with Crippen LogP contribution < -0.4 is 5.32 Å². The Morgan fingerprint density at radius 3 is 2.61 bits per heavy atom. The number of amides is 1. The monoisotopic (exact) mass is 314 g/mol. The summed E-state index contributed by atoms with van der Waals surface area (Å²) in [5.74, 6) is -0.0393. The lowest BCUT2D eigenvalue weighted by Gasteiger charge is -2.07. The number of hydrogen-bond acceptors (Lipinski definition) is 3. The van der Waals surface area contributed by atoms with E-state index in [0.717, 1.165) is 23.2 Å². The van der Waals surface area contributed by atoms with E-state index < -0.39 is 6.09 Å². The van der Waals surface area contributed by atoms with Crippen LogP contribution in [0.2, 0.25) is 0 Å². The summed E-state index contributed by atoms with van der Waals surface area (Å²) in [5, 5.41) is 2.50. The minimum absolute atomic E-state index is 0.0222. The summed E-state index contributed by atoms with van der Waals surface area (Å²) < 4.78 is 7.09. The summed E-state index contributed by atoms with van der Waals surface area (Å²) in [4.78, 5) is 23.6. The van der Waals surface area contributed by atoms with Crippen LogP contribution in [0.5, 0.6) is 0 Å². The van der Waals surface area contributed by atoms with Gasteiger partial charge < -0.3 is 14.6 Å². The average molecular weight is 314 g/mol. The number of rotatable bonds is 7. The molecule has 0 aliphatic carbocycles. The first-order valence-corrected chi connectivity index (χ1v) is 7.69. The van der Waals surface area contributed by atoms with E-state index >= 15 is 0 Å². The van der Waals surface area contributed by atoms with Crippen LogP contribution in [0.25, 0.3) is 0 Å². The second-order valence-corrected chi connectivity index (χ2v) is 5.38. The normalized spacial score (nSPS) is 10.3. The van der Waals surface area contributed by atoms with Crippen LogP contribution in [-0.2, 0) is 36.0 Å². The standard InChI is InChI=1S/C18H22N2O3/c1-3-17-15(9-10-20(17)2)11-16(21)12-19-18(22)23-13-14-7-5-4-6-8-14/h4-10H,3,11-13H2,1-2H3,(H,19,22). The maximum atomic E-state index is 12.0. The molecule has 0 fully saturated rings. The lowest BCUT2D eigenvalue weighted by atomic mass is 10.1. The molecule has 1 aromatic heterocycles. The number of hydrogen-bond donors (Lipinski definition) is 1. The summed E-state index contributed by atoms with van der Waals surface area (Å²) in [6.07, 6.45) is 2.57. The van der Waals surface area contributed by atoms with E-state index in [9.17, 15) is 9.59 Å². The highest BCUT2D eigenvalue weighted by atomic mass is 16.5. The second-order valence-electron chi connectivity index (χ2n) is 5.38. The summed E-state index contributed by atoms with van der Waals surface area (Å²) >= 11 is 0. The van der Waals surface area contributed by atoms with Gasteiger partial charge in [-0.05, 0) is 23.6 Å². The van der Waals surface area contributed by atoms with E-state index in [4.69, 9.17) is 4.74 Å². The average Bonchev–Trinajstić information content (AvgIpc) is 2.91. The third kappa shape index (κ3) is 4.98. The van der Waals surface area contributed by atoms with Crippen LogP contribution in [0.15, 0.2) is 42.6 Å². The zero-order valence-electron chi connectivity index (χ0n) is 13.5. The van der Waals surface area contributed by atoms with Crippen LogP contribution in [0.1, 0.15) is 23.7 Å². The second kappa shape index (κ2) is 8.17. The highest BCUT2D eigenvalue weighted by Crippen LogP contribution is 2.11. The van der Waals surface area contributed by atoms with Crippen LogP contribution in [0, 0.1) is 0 Å². The number of nitrogens with one attached hydrogen (secondary N) is 1. The van der Waals surface area contributed by atoms with Crippen molar-refractivity contribution in [2.75, 3.05) is 6.54 Å². The molecule has 5 heteroatoms. The van der Waals surface area contributed by atoms with Crippen LogP contribution in [0.3, 0.4) is 0 Å². The minimum atomic E-state index is -0.578. The Morgan fingerprint density at radius 1 is 1.17 bits per heavy atom. The highest BCUT2D eigenvalue weighted by Gasteiger charge is 2.11. The lowest BCUT2D eigenvalue weighted by Crippen LogP contribution is -2.30. The predicted molar refractivity (Wildman–Crippen MR) is 88.1 cm³/mol. The van der Waals surface area contributed by atoms with Crippen molar-refractivity contribution in [3.8, 4) is 0 Å². The Morgan fingerprint density at radius 2 is 1.91 bits per heavy atom. The number of ether oxygens (including phenoxy) is 1. The minimum Gasteiger partial charge on any atom is -0.445 e. The number of alkyl carbamates (subject to hydrolysis) is 1. The fraction of sp³-hybridized carbons (Fsp3) is 0.333.